The number of halogens is 2. The zero-order valence-corrected chi connectivity index (χ0v) is 10.5. The highest BCUT2D eigenvalue weighted by atomic mass is 79.9. The Labute approximate surface area is 101 Å². The van der Waals surface area contributed by atoms with Gasteiger partial charge in [-0.1, -0.05) is 6.07 Å². The van der Waals surface area contributed by atoms with Gasteiger partial charge in [0.05, 0.1) is 23.6 Å². The first-order valence-electron chi connectivity index (χ1n) is 4.68. The summed E-state index contributed by atoms with van der Waals surface area (Å²) < 4.78 is 17.7. The van der Waals surface area contributed by atoms with Gasteiger partial charge in [-0.3, -0.25) is 4.79 Å². The Kier molecular flexibility index (Phi) is 4.44. The van der Waals surface area contributed by atoms with E-state index >= 15 is 0 Å². The lowest BCUT2D eigenvalue weighted by atomic mass is 9.97. The van der Waals surface area contributed by atoms with Gasteiger partial charge in [-0.2, -0.15) is 0 Å². The van der Waals surface area contributed by atoms with E-state index in [0.29, 0.717) is 5.56 Å². The predicted molar refractivity (Wildman–Crippen MR) is 60.2 cm³/mol. The summed E-state index contributed by atoms with van der Waals surface area (Å²) in [4.78, 5) is 11.2. The number of esters is 1. The van der Waals surface area contributed by atoms with Crippen LogP contribution in [0, 0.1) is 11.7 Å². The number of methoxy groups -OCH3 is 1. The Morgan fingerprint density at radius 2 is 2.19 bits per heavy atom. The van der Waals surface area contributed by atoms with Crippen LogP contribution in [-0.2, 0) is 9.53 Å². The summed E-state index contributed by atoms with van der Waals surface area (Å²) in [6, 6.07) is 4.11. The Morgan fingerprint density at radius 3 is 2.69 bits per heavy atom. The second-order valence-corrected chi connectivity index (χ2v) is 4.28. The molecule has 0 saturated heterocycles. The van der Waals surface area contributed by atoms with E-state index in [0.717, 1.165) is 0 Å². The van der Waals surface area contributed by atoms with Crippen molar-refractivity contribution in [2.45, 2.75) is 13.0 Å². The van der Waals surface area contributed by atoms with Crippen molar-refractivity contribution >= 4 is 21.9 Å². The summed E-state index contributed by atoms with van der Waals surface area (Å²) in [5, 5.41) is 9.86. The van der Waals surface area contributed by atoms with E-state index in [-0.39, 0.29) is 4.47 Å². The fourth-order valence-electron chi connectivity index (χ4n) is 1.30. The fraction of sp³-hybridized carbons (Fsp3) is 0.364. The van der Waals surface area contributed by atoms with Gasteiger partial charge in [-0.15, -0.1) is 0 Å². The molecule has 0 amide bonds. The van der Waals surface area contributed by atoms with E-state index in [1.807, 2.05) is 0 Å². The predicted octanol–water partition coefficient (Wildman–Crippen LogP) is 2.43. The molecular weight excluding hydrogens is 279 g/mol. The van der Waals surface area contributed by atoms with Gasteiger partial charge in [0.2, 0.25) is 0 Å². The zero-order valence-electron chi connectivity index (χ0n) is 8.91. The van der Waals surface area contributed by atoms with Crippen molar-refractivity contribution in [1.82, 2.24) is 0 Å². The maximum absolute atomic E-state index is 13.0. The van der Waals surface area contributed by atoms with Crippen molar-refractivity contribution in [3.05, 3.63) is 34.1 Å². The SMILES string of the molecule is COC(=O)C(C)C(O)c1ccc(F)c(Br)c1. The van der Waals surface area contributed by atoms with Gasteiger partial charge < -0.3 is 9.84 Å². The van der Waals surface area contributed by atoms with Crippen LogP contribution in [-0.4, -0.2) is 18.2 Å². The molecule has 3 nitrogen and oxygen atoms in total. The molecule has 0 bridgehead atoms. The minimum absolute atomic E-state index is 0.251. The Hall–Kier alpha value is -0.940. The summed E-state index contributed by atoms with van der Waals surface area (Å²) in [7, 11) is 1.26. The third-order valence-corrected chi connectivity index (χ3v) is 2.94. The molecule has 1 aromatic carbocycles. The molecule has 1 aromatic rings. The number of rotatable bonds is 3. The summed E-state index contributed by atoms with van der Waals surface area (Å²) in [5.74, 6) is -1.61. The van der Waals surface area contributed by atoms with Crippen LogP contribution in [0.25, 0.3) is 0 Å². The number of aliphatic hydroxyl groups excluding tert-OH is 1. The summed E-state index contributed by atoms with van der Waals surface area (Å²) in [6.45, 7) is 1.55. The lowest BCUT2D eigenvalue weighted by Gasteiger charge is -2.17. The van der Waals surface area contributed by atoms with E-state index in [1.165, 1.54) is 25.3 Å². The van der Waals surface area contributed by atoms with Crippen LogP contribution < -0.4 is 0 Å². The van der Waals surface area contributed by atoms with Gasteiger partial charge in [0.15, 0.2) is 0 Å². The average Bonchev–Trinajstić information content (AvgIpc) is 2.29. The number of hydrogen-bond acceptors (Lipinski definition) is 3. The molecule has 0 heterocycles. The second kappa shape index (κ2) is 5.41. The first kappa shape index (κ1) is 13.1. The van der Waals surface area contributed by atoms with Crippen LogP contribution in [0.2, 0.25) is 0 Å². The van der Waals surface area contributed by atoms with Crippen molar-refractivity contribution in [3.63, 3.8) is 0 Å². The minimum Gasteiger partial charge on any atom is -0.469 e. The molecule has 2 unspecified atom stereocenters. The van der Waals surface area contributed by atoms with Gasteiger partial charge in [-0.05, 0) is 40.5 Å². The van der Waals surface area contributed by atoms with Gasteiger partial charge in [0, 0.05) is 0 Å². The Bertz CT molecular complexity index is 395. The fourth-order valence-corrected chi connectivity index (χ4v) is 1.70. The van der Waals surface area contributed by atoms with Crippen molar-refractivity contribution in [1.29, 1.82) is 0 Å². The van der Waals surface area contributed by atoms with Crippen LogP contribution in [0.1, 0.15) is 18.6 Å². The van der Waals surface area contributed by atoms with Crippen molar-refractivity contribution in [2.24, 2.45) is 5.92 Å². The third kappa shape index (κ3) is 2.80. The van der Waals surface area contributed by atoms with E-state index in [9.17, 15) is 14.3 Å². The molecule has 1 N–H and O–H groups in total. The molecule has 1 rings (SSSR count). The highest BCUT2D eigenvalue weighted by molar-refractivity contribution is 9.10. The van der Waals surface area contributed by atoms with Crippen molar-refractivity contribution < 1.29 is 19.0 Å². The molecular formula is C11H12BrFO3. The maximum Gasteiger partial charge on any atom is 0.311 e. The molecule has 0 saturated carbocycles. The molecule has 16 heavy (non-hydrogen) atoms. The quantitative estimate of drug-likeness (QED) is 0.870. The largest absolute Gasteiger partial charge is 0.469 e. The molecule has 2 atom stereocenters. The van der Waals surface area contributed by atoms with Crippen LogP contribution in [0.5, 0.6) is 0 Å². The van der Waals surface area contributed by atoms with Crippen molar-refractivity contribution in [3.8, 4) is 0 Å². The lowest BCUT2D eigenvalue weighted by molar-refractivity contribution is -0.148. The topological polar surface area (TPSA) is 46.5 Å². The van der Waals surface area contributed by atoms with E-state index in [4.69, 9.17) is 0 Å². The third-order valence-electron chi connectivity index (χ3n) is 2.33. The molecule has 0 aromatic heterocycles. The van der Waals surface area contributed by atoms with Crippen LogP contribution in [0.3, 0.4) is 0 Å². The van der Waals surface area contributed by atoms with Gasteiger partial charge in [-0.25, -0.2) is 4.39 Å². The van der Waals surface area contributed by atoms with Gasteiger partial charge >= 0.3 is 5.97 Å². The Morgan fingerprint density at radius 1 is 1.56 bits per heavy atom. The van der Waals surface area contributed by atoms with Crippen LogP contribution in [0.4, 0.5) is 4.39 Å². The van der Waals surface area contributed by atoms with Crippen molar-refractivity contribution in [2.75, 3.05) is 7.11 Å². The molecule has 0 aliphatic heterocycles. The summed E-state index contributed by atoms with van der Waals surface area (Å²) in [6.07, 6.45) is -1.01. The monoisotopic (exact) mass is 290 g/mol. The molecule has 0 aliphatic rings. The molecule has 0 fully saturated rings. The lowest BCUT2D eigenvalue weighted by Crippen LogP contribution is -2.20. The highest BCUT2D eigenvalue weighted by Crippen LogP contribution is 2.26. The number of carbonyl (C=O) groups excluding carboxylic acids is 1. The van der Waals surface area contributed by atoms with Crippen LogP contribution in [0.15, 0.2) is 22.7 Å². The molecule has 5 heteroatoms. The van der Waals surface area contributed by atoms with Gasteiger partial charge in [0.25, 0.3) is 0 Å². The minimum atomic E-state index is -1.01. The number of carbonyl (C=O) groups is 1. The number of ether oxygens (including phenoxy) is 1. The normalized spacial score (nSPS) is 14.3. The number of aliphatic hydroxyl groups is 1. The summed E-state index contributed by atoms with van der Waals surface area (Å²) in [5.41, 5.74) is 0.464. The first-order valence-corrected chi connectivity index (χ1v) is 5.47. The maximum atomic E-state index is 13.0. The van der Waals surface area contributed by atoms with Crippen LogP contribution >= 0.6 is 15.9 Å². The van der Waals surface area contributed by atoms with E-state index < -0.39 is 23.8 Å². The Balaban J connectivity index is 2.91. The average molecular weight is 291 g/mol. The molecule has 0 radical (unpaired) electrons. The zero-order chi connectivity index (χ0) is 12.3. The molecule has 88 valence electrons. The highest BCUT2D eigenvalue weighted by Gasteiger charge is 2.24. The number of hydrogen-bond donors (Lipinski definition) is 1. The van der Waals surface area contributed by atoms with Gasteiger partial charge in [0.1, 0.15) is 5.82 Å². The first-order chi connectivity index (χ1) is 7.47. The van der Waals surface area contributed by atoms with E-state index in [2.05, 4.69) is 20.7 Å². The summed E-state index contributed by atoms with van der Waals surface area (Å²) >= 11 is 3.02. The molecule has 0 spiro atoms. The van der Waals surface area contributed by atoms with E-state index in [1.54, 1.807) is 6.92 Å². The second-order valence-electron chi connectivity index (χ2n) is 3.43. The molecule has 0 aliphatic carbocycles. The standard InChI is InChI=1S/C11H12BrFO3/c1-6(11(15)16-2)10(14)7-3-4-9(13)8(12)5-7/h3-6,10,14H,1-2H3. The number of benzene rings is 1. The smallest absolute Gasteiger partial charge is 0.311 e.